The van der Waals surface area contributed by atoms with Crippen LogP contribution in [0.4, 0.5) is 16.2 Å². The maximum Gasteiger partial charge on any atom is 0.421 e. The summed E-state index contributed by atoms with van der Waals surface area (Å²) in [6, 6.07) is 36.4. The van der Waals surface area contributed by atoms with Crippen molar-refractivity contribution in [1.29, 1.82) is 0 Å². The number of phenols is 1. The number of cyclic esters (lactones) is 1. The number of carbonyl (C=O) groups excluding carboxylic acids is 6. The van der Waals surface area contributed by atoms with Crippen molar-refractivity contribution in [2.45, 2.75) is 49.2 Å². The number of ether oxygens (including phenoxy) is 6. The number of phenolic OH excluding ortho intramolecular Hbond substituents is 1. The Balaban J connectivity index is 1.10. The van der Waals surface area contributed by atoms with E-state index in [9.17, 15) is 24.8 Å². The number of amides is 3. The largest absolute Gasteiger partial charge is 0.508 e. The van der Waals surface area contributed by atoms with Gasteiger partial charge in [-0.15, -0.1) is 0 Å². The molecule has 3 amide bonds. The molecule has 0 aliphatic carbocycles. The van der Waals surface area contributed by atoms with Gasteiger partial charge in [0.05, 0.1) is 42.8 Å². The van der Waals surface area contributed by atoms with Crippen LogP contribution < -0.4 is 14.4 Å². The van der Waals surface area contributed by atoms with Gasteiger partial charge in [0.2, 0.25) is 18.6 Å². The first kappa shape index (κ1) is 53.4. The summed E-state index contributed by atoms with van der Waals surface area (Å²) in [7, 11) is 2.26. The van der Waals surface area contributed by atoms with Gasteiger partial charge in [-0.1, -0.05) is 90.7 Å². The zero-order valence-corrected chi connectivity index (χ0v) is 43.9. The summed E-state index contributed by atoms with van der Waals surface area (Å²) >= 11 is 0. The van der Waals surface area contributed by atoms with Crippen LogP contribution in [-0.2, 0) is 61.5 Å². The molecule has 1 spiro atoms. The molecule has 0 saturated carbocycles. The fourth-order valence-electron chi connectivity index (χ4n) is 11.9. The topological polar surface area (TPSA) is 234 Å². The van der Waals surface area contributed by atoms with Crippen LogP contribution in [0.25, 0.3) is 0 Å². The van der Waals surface area contributed by atoms with Gasteiger partial charge < -0.3 is 38.4 Å². The molecular formula is C61H53N5O15. The fraction of sp³-hybridized carbons (Fsp3) is 0.279. The van der Waals surface area contributed by atoms with Crippen molar-refractivity contribution in [2.24, 2.45) is 11.8 Å². The molecule has 6 unspecified atom stereocenters. The normalized spacial score (nSPS) is 21.8. The highest BCUT2D eigenvalue weighted by atomic mass is 16.7. The van der Waals surface area contributed by atoms with E-state index in [1.54, 1.807) is 23.1 Å². The number of piperazine rings is 1. The number of methoxy groups -OCH3 is 2. The van der Waals surface area contributed by atoms with Gasteiger partial charge in [0.25, 0.3) is 5.69 Å². The molecule has 0 bridgehead atoms. The Bertz CT molecular complexity index is 3490. The highest BCUT2D eigenvalue weighted by Gasteiger charge is 2.76. The number of carbonyl (C=O) groups is 6. The standard InChI is InChI=1S/C61H53N5O15/c1-76-56(69)45(57(70)77-2)15-9-10-37-18-26-47-46(32-37)61(59(72)64(47)60(73)78-35-38-16-22-43(23-17-38)66(74)75)50(55(68)63-30-28-62(29-31-63)34-39-19-27-48-49(33-39)80-36-79-48)52-58(71)81-53(41-13-7-4-8-14-41)51(40-11-5-3-6-12-40)65(52)54(61)42-20-24-44(67)25-21-42/h3-8,11-14,16-27,32-33,45,50-54,67H,15,28-31,34-36H2,1-2H3. The van der Waals surface area contributed by atoms with Crippen LogP contribution in [0.5, 0.6) is 17.2 Å². The van der Waals surface area contributed by atoms with Gasteiger partial charge in [0, 0.05) is 56.8 Å². The second-order valence-corrected chi connectivity index (χ2v) is 20.1. The van der Waals surface area contributed by atoms with E-state index >= 15 is 19.2 Å². The van der Waals surface area contributed by atoms with Gasteiger partial charge in [-0.2, -0.15) is 0 Å². The highest BCUT2D eigenvalue weighted by Crippen LogP contribution is 2.66. The lowest BCUT2D eigenvalue weighted by atomic mass is 9.65. The minimum absolute atomic E-state index is 0.000422. The number of nitro benzene ring substituents is 1. The predicted molar refractivity (Wildman–Crippen MR) is 287 cm³/mol. The van der Waals surface area contributed by atoms with Gasteiger partial charge in [-0.25, -0.2) is 9.69 Å². The Labute approximate surface area is 464 Å². The number of morpholine rings is 1. The minimum atomic E-state index is -2.22. The van der Waals surface area contributed by atoms with E-state index in [-0.39, 0.29) is 54.6 Å². The second kappa shape index (κ2) is 22.3. The van der Waals surface area contributed by atoms with E-state index < -0.39 is 88.8 Å². The number of non-ortho nitro benzene ring substituents is 1. The Hall–Kier alpha value is -9.58. The monoisotopic (exact) mass is 1100 g/mol. The molecule has 20 nitrogen and oxygen atoms in total. The predicted octanol–water partition coefficient (Wildman–Crippen LogP) is 7.08. The van der Waals surface area contributed by atoms with E-state index in [4.69, 9.17) is 28.4 Å². The van der Waals surface area contributed by atoms with Gasteiger partial charge in [-0.05, 0) is 88.0 Å². The third-order valence-electron chi connectivity index (χ3n) is 15.7. The molecule has 6 aromatic carbocycles. The number of fused-ring (bicyclic) bond motifs is 4. The smallest absolute Gasteiger partial charge is 0.421 e. The molecule has 1 N–H and O–H groups in total. The molecule has 81 heavy (non-hydrogen) atoms. The van der Waals surface area contributed by atoms with Gasteiger partial charge in [0.1, 0.15) is 29.9 Å². The Kier molecular flexibility index (Phi) is 14.7. The van der Waals surface area contributed by atoms with E-state index in [1.165, 1.54) is 48.5 Å². The lowest BCUT2D eigenvalue weighted by Crippen LogP contribution is -2.59. The molecule has 412 valence electrons. The van der Waals surface area contributed by atoms with Crippen LogP contribution >= 0.6 is 0 Å². The number of rotatable bonds is 12. The Morgan fingerprint density at radius 3 is 2.07 bits per heavy atom. The molecule has 0 radical (unpaired) electrons. The SMILES string of the molecule is COC(=O)C(CC#Cc1ccc2c(c1)C1(C(=O)N2C(=O)OCc2ccc([N+](=O)[O-])cc2)C(C(=O)N2CCN(Cc3ccc4c(c3)OCO4)CC2)C2C(=O)OC(c3ccccc3)C(c3ccccc3)N2C1c1ccc(O)cc1)C(=O)OC. The summed E-state index contributed by atoms with van der Waals surface area (Å²) in [5, 5.41) is 22.4. The summed E-state index contributed by atoms with van der Waals surface area (Å²) in [5.74, 6) is -0.0293. The third-order valence-corrected chi connectivity index (χ3v) is 15.7. The summed E-state index contributed by atoms with van der Waals surface area (Å²) in [4.78, 5) is 107. The van der Waals surface area contributed by atoms with Crippen molar-refractivity contribution in [3.63, 3.8) is 0 Å². The van der Waals surface area contributed by atoms with Crippen molar-refractivity contribution in [3.05, 3.63) is 195 Å². The van der Waals surface area contributed by atoms with E-state index in [0.29, 0.717) is 53.4 Å². The molecule has 3 saturated heterocycles. The summed E-state index contributed by atoms with van der Waals surface area (Å²) in [6.07, 6.45) is -2.51. The number of esters is 3. The molecule has 5 aliphatic rings. The van der Waals surface area contributed by atoms with E-state index in [0.717, 1.165) is 24.7 Å². The number of nitrogens with zero attached hydrogens (tertiary/aromatic N) is 5. The highest BCUT2D eigenvalue weighted by molar-refractivity contribution is 6.23. The first-order valence-electron chi connectivity index (χ1n) is 26.1. The zero-order valence-electron chi connectivity index (χ0n) is 43.9. The summed E-state index contributed by atoms with van der Waals surface area (Å²) < 4.78 is 33.4. The van der Waals surface area contributed by atoms with Crippen molar-refractivity contribution in [1.82, 2.24) is 14.7 Å². The number of hydrogen-bond donors (Lipinski definition) is 1. The molecular weight excluding hydrogens is 1040 g/mol. The lowest BCUT2D eigenvalue weighted by Gasteiger charge is -2.46. The first-order chi connectivity index (χ1) is 39.3. The van der Waals surface area contributed by atoms with Crippen LogP contribution in [0, 0.1) is 33.8 Å². The van der Waals surface area contributed by atoms with Crippen LogP contribution in [0.2, 0.25) is 0 Å². The van der Waals surface area contributed by atoms with Crippen LogP contribution in [0.15, 0.2) is 146 Å². The van der Waals surface area contributed by atoms with Gasteiger partial charge in [0.15, 0.2) is 17.4 Å². The molecule has 6 aromatic rings. The third kappa shape index (κ3) is 9.80. The number of imide groups is 1. The summed E-state index contributed by atoms with van der Waals surface area (Å²) in [6.45, 7) is 1.35. The fourth-order valence-corrected chi connectivity index (χ4v) is 11.9. The molecule has 11 rings (SSSR count). The number of aromatic hydroxyl groups is 1. The van der Waals surface area contributed by atoms with E-state index in [2.05, 4.69) is 16.7 Å². The molecule has 20 heteroatoms. The minimum Gasteiger partial charge on any atom is -0.508 e. The number of hydrogen-bond acceptors (Lipinski definition) is 17. The summed E-state index contributed by atoms with van der Waals surface area (Å²) in [5.41, 5.74) is 0.944. The van der Waals surface area contributed by atoms with Crippen LogP contribution in [-0.4, -0.2) is 114 Å². The zero-order chi connectivity index (χ0) is 56.5. The molecule has 6 atom stereocenters. The maximum atomic E-state index is 16.8. The Morgan fingerprint density at radius 2 is 1.41 bits per heavy atom. The van der Waals surface area contributed by atoms with Gasteiger partial charge >= 0.3 is 24.0 Å². The average Bonchev–Trinajstić information content (AvgIpc) is 1.80. The van der Waals surface area contributed by atoms with Gasteiger partial charge in [-0.3, -0.25) is 43.9 Å². The number of anilines is 1. The lowest BCUT2D eigenvalue weighted by molar-refractivity contribution is -0.384. The second-order valence-electron chi connectivity index (χ2n) is 20.1. The van der Waals surface area contributed by atoms with Crippen LogP contribution in [0.3, 0.4) is 0 Å². The molecule has 5 heterocycles. The van der Waals surface area contributed by atoms with Crippen molar-refractivity contribution >= 4 is 47.2 Å². The quantitative estimate of drug-likeness (QED) is 0.0322. The Morgan fingerprint density at radius 1 is 0.753 bits per heavy atom. The molecule has 5 aliphatic heterocycles. The van der Waals surface area contributed by atoms with E-state index in [1.807, 2.05) is 83.8 Å². The van der Waals surface area contributed by atoms with Crippen molar-refractivity contribution in [2.75, 3.05) is 52.1 Å². The van der Waals surface area contributed by atoms with Crippen molar-refractivity contribution < 1.29 is 67.2 Å². The molecule has 3 fully saturated rings. The number of benzene rings is 6. The molecule has 0 aromatic heterocycles. The average molecular weight is 1100 g/mol. The van der Waals surface area contributed by atoms with Crippen molar-refractivity contribution in [3.8, 4) is 29.1 Å². The first-order valence-corrected chi connectivity index (χ1v) is 26.1. The van der Waals surface area contributed by atoms with Crippen LogP contribution in [0.1, 0.15) is 63.6 Å². The number of nitro groups is 1. The maximum absolute atomic E-state index is 16.8.